The molecule has 0 spiro atoms. The van der Waals surface area contributed by atoms with Crippen molar-refractivity contribution in [2.24, 2.45) is 0 Å². The standard InChI is InChI=1S/C15H15BrN4O/c1-9(10-4-6-12(16)7-5-10)17-20-15(21)14-8-13(18-19-14)11-2-3-11/h4-8,11,17H,1-3H2,(H,18,19)(H,20,21). The molecule has 1 aliphatic rings. The number of benzene rings is 1. The van der Waals surface area contributed by atoms with Gasteiger partial charge in [-0.15, -0.1) is 0 Å². The second-order valence-corrected chi connectivity index (χ2v) is 5.96. The normalized spacial score (nSPS) is 13.8. The van der Waals surface area contributed by atoms with E-state index in [2.05, 4.69) is 43.6 Å². The molecule has 1 aromatic carbocycles. The predicted molar refractivity (Wildman–Crippen MR) is 84.3 cm³/mol. The van der Waals surface area contributed by atoms with Gasteiger partial charge in [-0.1, -0.05) is 34.6 Å². The minimum Gasteiger partial charge on any atom is -0.298 e. The summed E-state index contributed by atoms with van der Waals surface area (Å²) in [6.45, 7) is 3.89. The van der Waals surface area contributed by atoms with Crippen LogP contribution in [0.3, 0.4) is 0 Å². The van der Waals surface area contributed by atoms with Crippen LogP contribution in [0.1, 0.15) is 40.5 Å². The molecule has 0 bridgehead atoms. The molecule has 1 heterocycles. The van der Waals surface area contributed by atoms with Gasteiger partial charge >= 0.3 is 0 Å². The fourth-order valence-corrected chi connectivity index (χ4v) is 2.24. The summed E-state index contributed by atoms with van der Waals surface area (Å²) in [6, 6.07) is 9.45. The van der Waals surface area contributed by atoms with Crippen molar-refractivity contribution < 1.29 is 4.79 Å². The van der Waals surface area contributed by atoms with Crippen LogP contribution >= 0.6 is 15.9 Å². The zero-order valence-corrected chi connectivity index (χ0v) is 12.9. The Kier molecular flexibility index (Phi) is 3.79. The van der Waals surface area contributed by atoms with Crippen LogP contribution in [0.4, 0.5) is 0 Å². The Morgan fingerprint density at radius 2 is 2.00 bits per heavy atom. The highest BCUT2D eigenvalue weighted by Crippen LogP contribution is 2.38. The van der Waals surface area contributed by atoms with Gasteiger partial charge in [-0.2, -0.15) is 5.10 Å². The Labute approximate surface area is 130 Å². The van der Waals surface area contributed by atoms with Crippen LogP contribution in [0.15, 0.2) is 41.4 Å². The predicted octanol–water partition coefficient (Wildman–Crippen LogP) is 2.95. The summed E-state index contributed by atoms with van der Waals surface area (Å²) in [6.07, 6.45) is 2.34. The highest BCUT2D eigenvalue weighted by atomic mass is 79.9. The smallest absolute Gasteiger partial charge is 0.290 e. The molecule has 0 saturated heterocycles. The highest BCUT2D eigenvalue weighted by Gasteiger charge is 2.26. The number of hydrogen-bond acceptors (Lipinski definition) is 3. The fourth-order valence-electron chi connectivity index (χ4n) is 1.98. The van der Waals surface area contributed by atoms with Gasteiger partial charge in [0.25, 0.3) is 5.91 Å². The summed E-state index contributed by atoms with van der Waals surface area (Å²) in [5, 5.41) is 6.93. The third kappa shape index (κ3) is 3.33. The van der Waals surface area contributed by atoms with Crippen molar-refractivity contribution in [2.45, 2.75) is 18.8 Å². The van der Waals surface area contributed by atoms with Crippen molar-refractivity contribution in [3.63, 3.8) is 0 Å². The fraction of sp³-hybridized carbons (Fsp3) is 0.200. The van der Waals surface area contributed by atoms with Crippen LogP contribution in [0.2, 0.25) is 0 Å². The molecule has 5 nitrogen and oxygen atoms in total. The van der Waals surface area contributed by atoms with E-state index < -0.39 is 0 Å². The molecule has 6 heteroatoms. The second-order valence-electron chi connectivity index (χ2n) is 5.05. The molecule has 1 fully saturated rings. The van der Waals surface area contributed by atoms with Crippen molar-refractivity contribution in [3.05, 3.63) is 58.3 Å². The van der Waals surface area contributed by atoms with Crippen LogP contribution in [0, 0.1) is 0 Å². The molecule has 0 atom stereocenters. The first-order valence-electron chi connectivity index (χ1n) is 6.70. The second kappa shape index (κ2) is 5.73. The molecule has 0 aliphatic heterocycles. The lowest BCUT2D eigenvalue weighted by Gasteiger charge is -2.10. The minimum absolute atomic E-state index is 0.281. The first kappa shape index (κ1) is 13.9. The Morgan fingerprint density at radius 1 is 1.29 bits per heavy atom. The van der Waals surface area contributed by atoms with Crippen molar-refractivity contribution in [1.82, 2.24) is 21.0 Å². The first-order valence-corrected chi connectivity index (χ1v) is 7.49. The van der Waals surface area contributed by atoms with Gasteiger partial charge in [0.2, 0.25) is 0 Å². The van der Waals surface area contributed by atoms with Crippen LogP contribution in [-0.4, -0.2) is 16.1 Å². The summed E-state index contributed by atoms with van der Waals surface area (Å²) in [5.41, 5.74) is 8.35. The number of amides is 1. The zero-order valence-electron chi connectivity index (χ0n) is 11.3. The molecule has 1 aliphatic carbocycles. The molecule has 21 heavy (non-hydrogen) atoms. The van der Waals surface area contributed by atoms with E-state index >= 15 is 0 Å². The van der Waals surface area contributed by atoms with E-state index in [1.54, 1.807) is 6.07 Å². The molecule has 3 rings (SSSR count). The maximum absolute atomic E-state index is 12.0. The maximum Gasteiger partial charge on any atom is 0.290 e. The summed E-state index contributed by atoms with van der Waals surface area (Å²) >= 11 is 3.37. The number of carbonyl (C=O) groups excluding carboxylic acids is 1. The van der Waals surface area contributed by atoms with Crippen molar-refractivity contribution in [3.8, 4) is 0 Å². The number of hydrogen-bond donors (Lipinski definition) is 3. The molecule has 2 aromatic rings. The monoisotopic (exact) mass is 346 g/mol. The first-order chi connectivity index (χ1) is 10.1. The van der Waals surface area contributed by atoms with Gasteiger partial charge in [-0.3, -0.25) is 20.7 Å². The van der Waals surface area contributed by atoms with Gasteiger partial charge in [0.1, 0.15) is 0 Å². The number of nitrogens with one attached hydrogen (secondary N) is 3. The third-order valence-electron chi connectivity index (χ3n) is 3.37. The summed E-state index contributed by atoms with van der Waals surface area (Å²) < 4.78 is 0.993. The summed E-state index contributed by atoms with van der Waals surface area (Å²) in [4.78, 5) is 12.0. The molecular formula is C15H15BrN4O. The summed E-state index contributed by atoms with van der Waals surface area (Å²) in [5.74, 6) is 0.265. The van der Waals surface area contributed by atoms with Crippen LogP contribution in [0.5, 0.6) is 0 Å². The third-order valence-corrected chi connectivity index (χ3v) is 3.90. The Balaban J connectivity index is 1.57. The number of rotatable bonds is 5. The maximum atomic E-state index is 12.0. The SMILES string of the molecule is C=C(NNC(=O)c1cc(C2CC2)[nH]n1)c1ccc(Br)cc1. The Bertz CT molecular complexity index is 673. The Morgan fingerprint density at radius 3 is 2.67 bits per heavy atom. The van der Waals surface area contributed by atoms with Crippen molar-refractivity contribution >= 4 is 27.5 Å². The summed E-state index contributed by atoms with van der Waals surface area (Å²) in [7, 11) is 0. The number of halogens is 1. The lowest BCUT2D eigenvalue weighted by atomic mass is 10.2. The van der Waals surface area contributed by atoms with Gasteiger partial charge in [0.05, 0.1) is 5.70 Å². The van der Waals surface area contributed by atoms with Gasteiger partial charge in [-0.05, 0) is 36.6 Å². The molecule has 3 N–H and O–H groups in total. The van der Waals surface area contributed by atoms with E-state index in [0.717, 1.165) is 15.7 Å². The quantitative estimate of drug-likeness (QED) is 0.729. The minimum atomic E-state index is -0.281. The highest BCUT2D eigenvalue weighted by molar-refractivity contribution is 9.10. The lowest BCUT2D eigenvalue weighted by Crippen LogP contribution is -2.36. The number of carbonyl (C=O) groups is 1. The van der Waals surface area contributed by atoms with Crippen molar-refractivity contribution in [1.29, 1.82) is 0 Å². The number of nitrogens with zero attached hydrogens (tertiary/aromatic N) is 1. The van der Waals surface area contributed by atoms with E-state index in [4.69, 9.17) is 0 Å². The van der Waals surface area contributed by atoms with Gasteiger partial charge in [0, 0.05) is 16.1 Å². The van der Waals surface area contributed by atoms with Crippen LogP contribution in [0.25, 0.3) is 5.70 Å². The average Bonchev–Trinajstić information content (AvgIpc) is 3.22. The van der Waals surface area contributed by atoms with Crippen molar-refractivity contribution in [2.75, 3.05) is 0 Å². The Hall–Kier alpha value is -2.08. The van der Waals surface area contributed by atoms with E-state index in [9.17, 15) is 4.79 Å². The van der Waals surface area contributed by atoms with E-state index in [1.165, 1.54) is 12.8 Å². The molecule has 108 valence electrons. The van der Waals surface area contributed by atoms with E-state index in [1.807, 2.05) is 24.3 Å². The largest absolute Gasteiger partial charge is 0.298 e. The zero-order chi connectivity index (χ0) is 14.8. The van der Waals surface area contributed by atoms with Gasteiger partial charge in [-0.25, -0.2) is 0 Å². The van der Waals surface area contributed by atoms with Crippen LogP contribution < -0.4 is 10.9 Å². The number of hydrazine groups is 1. The van der Waals surface area contributed by atoms with Gasteiger partial charge in [0.15, 0.2) is 5.69 Å². The number of aromatic amines is 1. The van der Waals surface area contributed by atoms with E-state index in [0.29, 0.717) is 17.3 Å². The van der Waals surface area contributed by atoms with Crippen LogP contribution in [-0.2, 0) is 0 Å². The molecule has 1 aromatic heterocycles. The molecular weight excluding hydrogens is 332 g/mol. The topological polar surface area (TPSA) is 69.8 Å². The molecule has 1 amide bonds. The number of aromatic nitrogens is 2. The molecule has 1 saturated carbocycles. The number of H-pyrrole nitrogens is 1. The van der Waals surface area contributed by atoms with Gasteiger partial charge < -0.3 is 0 Å². The average molecular weight is 347 g/mol. The molecule has 0 radical (unpaired) electrons. The van der Waals surface area contributed by atoms with E-state index in [-0.39, 0.29) is 5.91 Å². The lowest BCUT2D eigenvalue weighted by molar-refractivity contribution is 0.0937. The molecule has 0 unspecified atom stereocenters.